The molecule has 0 aliphatic carbocycles. The van der Waals surface area contributed by atoms with Crippen molar-refractivity contribution in [3.63, 3.8) is 0 Å². The molecule has 0 aliphatic heterocycles. The van der Waals surface area contributed by atoms with E-state index in [1.807, 2.05) is 0 Å². The first-order valence-electron chi connectivity index (χ1n) is 18.9. The fourth-order valence-electron chi connectivity index (χ4n) is 8.04. The lowest BCUT2D eigenvalue weighted by Crippen LogP contribution is -2.69. The lowest BCUT2D eigenvalue weighted by Gasteiger charge is -2.44. The van der Waals surface area contributed by atoms with Crippen molar-refractivity contribution in [2.24, 2.45) is 0 Å². The maximum atomic E-state index is 7.90. The number of rotatable bonds is 10. The number of benzene rings is 7. The van der Waals surface area contributed by atoms with Gasteiger partial charge in [-0.2, -0.15) is 0 Å². The average Bonchev–Trinajstić information content (AvgIpc) is 3.20. The van der Waals surface area contributed by atoms with Crippen LogP contribution < -0.4 is 29.6 Å². The Morgan fingerprint density at radius 2 is 0.537 bits per heavy atom. The highest BCUT2D eigenvalue weighted by Crippen LogP contribution is 2.47. The van der Waals surface area contributed by atoms with Crippen molar-refractivity contribution in [1.82, 2.24) is 0 Å². The van der Waals surface area contributed by atoms with Crippen LogP contribution in [0.4, 0.5) is 0 Å². The van der Waals surface area contributed by atoms with Crippen LogP contribution in [0.5, 0.6) is 11.5 Å². The second-order valence-corrected chi connectivity index (χ2v) is 24.5. The Morgan fingerprint density at radius 1 is 0.315 bits per heavy atom. The van der Waals surface area contributed by atoms with Crippen LogP contribution in [0.3, 0.4) is 0 Å². The molecular formula is C50H50O2Si2. The minimum absolute atomic E-state index is 0.222. The average molecular weight is 739 g/mol. The Balaban J connectivity index is 1.56. The summed E-state index contributed by atoms with van der Waals surface area (Å²) in [5.41, 5.74) is 4.18. The van der Waals surface area contributed by atoms with Gasteiger partial charge in [-0.05, 0) is 54.1 Å². The summed E-state index contributed by atoms with van der Waals surface area (Å²) >= 11 is 0. The van der Waals surface area contributed by atoms with E-state index in [2.05, 4.69) is 236 Å². The van der Waals surface area contributed by atoms with Crippen LogP contribution in [0.2, 0.25) is 10.1 Å². The molecule has 0 heterocycles. The van der Waals surface area contributed by atoms with Crippen molar-refractivity contribution in [1.29, 1.82) is 0 Å². The van der Waals surface area contributed by atoms with E-state index in [4.69, 9.17) is 8.85 Å². The van der Waals surface area contributed by atoms with Gasteiger partial charge in [0, 0.05) is 11.1 Å². The van der Waals surface area contributed by atoms with Gasteiger partial charge in [0.1, 0.15) is 11.5 Å². The third kappa shape index (κ3) is 6.88. The third-order valence-corrected chi connectivity index (χ3v) is 20.5. The van der Waals surface area contributed by atoms with Gasteiger partial charge in [0.05, 0.1) is 0 Å². The molecule has 0 saturated heterocycles. The summed E-state index contributed by atoms with van der Waals surface area (Å²) in [5, 5.41) is 4.49. The molecule has 0 amide bonds. The Hall–Kier alpha value is -5.43. The van der Waals surface area contributed by atoms with Crippen molar-refractivity contribution in [3.05, 3.63) is 194 Å². The molecule has 0 N–H and O–H groups in total. The van der Waals surface area contributed by atoms with Gasteiger partial charge in [0.2, 0.25) is 0 Å². The molecule has 270 valence electrons. The fraction of sp³-hybridized carbons (Fsp3) is 0.160. The first-order valence-corrected chi connectivity index (χ1v) is 22.8. The molecule has 0 saturated carbocycles. The zero-order valence-corrected chi connectivity index (χ0v) is 34.3. The molecule has 0 unspecified atom stereocenters. The van der Waals surface area contributed by atoms with Crippen LogP contribution in [-0.2, 0) is 0 Å². The van der Waals surface area contributed by atoms with Crippen LogP contribution in [0.15, 0.2) is 194 Å². The van der Waals surface area contributed by atoms with Gasteiger partial charge in [0.15, 0.2) is 0 Å². The Labute approximate surface area is 324 Å². The normalized spacial score (nSPS) is 12.3. The van der Waals surface area contributed by atoms with Crippen molar-refractivity contribution in [2.45, 2.75) is 51.6 Å². The minimum Gasteiger partial charge on any atom is -0.534 e. The molecule has 7 aromatic rings. The summed E-state index contributed by atoms with van der Waals surface area (Å²) in [4.78, 5) is 0. The second kappa shape index (κ2) is 15.1. The van der Waals surface area contributed by atoms with Gasteiger partial charge >= 0.3 is 16.6 Å². The summed E-state index contributed by atoms with van der Waals surface area (Å²) in [5.74, 6) is 1.70. The molecule has 7 aromatic carbocycles. The quantitative estimate of drug-likeness (QED) is 0.130. The van der Waals surface area contributed by atoms with Gasteiger partial charge in [-0.3, -0.25) is 0 Å². The predicted molar refractivity (Wildman–Crippen MR) is 234 cm³/mol. The lowest BCUT2D eigenvalue weighted by molar-refractivity contribution is 0.500. The fourth-order valence-corrected chi connectivity index (χ4v) is 16.9. The molecule has 0 spiro atoms. The lowest BCUT2D eigenvalue weighted by atomic mass is 9.98. The highest BCUT2D eigenvalue weighted by Gasteiger charge is 2.54. The van der Waals surface area contributed by atoms with E-state index in [0.717, 1.165) is 33.8 Å². The highest BCUT2D eigenvalue weighted by molar-refractivity contribution is 7.00. The predicted octanol–water partition coefficient (Wildman–Crippen LogP) is 10.9. The standard InChI is InChI=1S/C50H50O2Si2/c1-49(2,3)53(41-29-17-9-18-30-41,42-31-19-10-20-32-42)51-47-37-46(40-27-15-8-16-28-40)48(38-45(47)39-25-13-7-14-26-39)52-54(50(4,5)6,43-33-21-11-22-34-43)44-35-23-12-24-36-44/h7-38H,1-6H3. The van der Waals surface area contributed by atoms with E-state index in [-0.39, 0.29) is 10.1 Å². The summed E-state index contributed by atoms with van der Waals surface area (Å²) in [6, 6.07) is 69.4. The molecule has 2 nitrogen and oxygen atoms in total. The molecule has 7 rings (SSSR count). The summed E-state index contributed by atoms with van der Waals surface area (Å²) in [7, 11) is -6.02. The smallest absolute Gasteiger partial charge is 0.319 e. The largest absolute Gasteiger partial charge is 0.534 e. The third-order valence-electron chi connectivity index (χ3n) is 10.6. The van der Waals surface area contributed by atoms with Gasteiger partial charge < -0.3 is 8.85 Å². The topological polar surface area (TPSA) is 18.5 Å². The Bertz CT molecular complexity index is 2020. The van der Waals surface area contributed by atoms with Crippen LogP contribution in [-0.4, -0.2) is 16.6 Å². The molecule has 0 radical (unpaired) electrons. The number of hydrogen-bond donors (Lipinski definition) is 0. The van der Waals surface area contributed by atoms with Crippen LogP contribution in [0.25, 0.3) is 22.3 Å². The van der Waals surface area contributed by atoms with Crippen molar-refractivity contribution in [3.8, 4) is 33.8 Å². The van der Waals surface area contributed by atoms with Crippen molar-refractivity contribution in [2.75, 3.05) is 0 Å². The monoisotopic (exact) mass is 738 g/mol. The van der Waals surface area contributed by atoms with E-state index < -0.39 is 16.6 Å². The first-order chi connectivity index (χ1) is 26.0. The highest BCUT2D eigenvalue weighted by atomic mass is 28.4. The zero-order chi connectivity index (χ0) is 37.8. The maximum absolute atomic E-state index is 7.90. The van der Waals surface area contributed by atoms with Crippen LogP contribution in [0, 0.1) is 0 Å². The van der Waals surface area contributed by atoms with Crippen molar-refractivity contribution >= 4 is 37.4 Å². The van der Waals surface area contributed by atoms with Gasteiger partial charge in [0.25, 0.3) is 0 Å². The van der Waals surface area contributed by atoms with Gasteiger partial charge in [-0.1, -0.05) is 224 Å². The Morgan fingerprint density at radius 3 is 0.759 bits per heavy atom. The van der Waals surface area contributed by atoms with Crippen molar-refractivity contribution < 1.29 is 8.85 Å². The first kappa shape index (κ1) is 36.9. The summed E-state index contributed by atoms with van der Waals surface area (Å²) in [6.07, 6.45) is 0. The van der Waals surface area contributed by atoms with Crippen LogP contribution >= 0.6 is 0 Å². The molecule has 0 aliphatic rings. The molecule has 0 fully saturated rings. The zero-order valence-electron chi connectivity index (χ0n) is 32.3. The maximum Gasteiger partial charge on any atom is 0.319 e. The molecule has 54 heavy (non-hydrogen) atoms. The molecule has 4 heteroatoms. The van der Waals surface area contributed by atoms with E-state index in [1.165, 1.54) is 20.7 Å². The minimum atomic E-state index is -3.01. The van der Waals surface area contributed by atoms with E-state index in [1.54, 1.807) is 0 Å². The van der Waals surface area contributed by atoms with Gasteiger partial charge in [-0.15, -0.1) is 0 Å². The molecular weight excluding hydrogens is 689 g/mol. The second-order valence-electron chi connectivity index (χ2n) is 16.1. The SMILES string of the molecule is CC(C)(C)[Si](Oc1cc(-c2ccccc2)c(O[Si](c2ccccc2)(c2ccccc2)C(C)(C)C)cc1-c1ccccc1)(c1ccccc1)c1ccccc1. The molecule has 0 atom stereocenters. The van der Waals surface area contributed by atoms with E-state index in [9.17, 15) is 0 Å². The number of hydrogen-bond acceptors (Lipinski definition) is 2. The van der Waals surface area contributed by atoms with Crippen LogP contribution in [0.1, 0.15) is 41.5 Å². The molecule has 0 bridgehead atoms. The summed E-state index contributed by atoms with van der Waals surface area (Å²) < 4.78 is 15.8. The van der Waals surface area contributed by atoms with E-state index in [0.29, 0.717) is 0 Å². The summed E-state index contributed by atoms with van der Waals surface area (Å²) in [6.45, 7) is 14.0. The molecule has 0 aromatic heterocycles. The van der Waals surface area contributed by atoms with E-state index >= 15 is 0 Å². The Kier molecular flexibility index (Phi) is 10.3. The van der Waals surface area contributed by atoms with Gasteiger partial charge in [-0.25, -0.2) is 0 Å².